The highest BCUT2D eigenvalue weighted by Gasteiger charge is 2.24. The Morgan fingerprint density at radius 1 is 0.960 bits per heavy atom. The van der Waals surface area contributed by atoms with Crippen molar-refractivity contribution in [1.29, 1.82) is 0 Å². The van der Waals surface area contributed by atoms with Crippen LogP contribution in [0, 0.1) is 27.7 Å². The first-order valence-electron chi connectivity index (χ1n) is 7.83. The summed E-state index contributed by atoms with van der Waals surface area (Å²) in [5.74, 6) is -0.158. The van der Waals surface area contributed by atoms with Crippen LogP contribution in [-0.4, -0.2) is 21.5 Å². The van der Waals surface area contributed by atoms with Crippen LogP contribution in [0.3, 0.4) is 0 Å². The van der Waals surface area contributed by atoms with Crippen LogP contribution in [0.25, 0.3) is 0 Å². The molecule has 0 radical (unpaired) electrons. The predicted molar refractivity (Wildman–Crippen MR) is 95.4 cm³/mol. The van der Waals surface area contributed by atoms with E-state index in [1.165, 1.54) is 19.2 Å². The molecule has 0 heterocycles. The standard InChI is InChI=1S/C19H22O5S/c1-12-10-13(2)15(4)19(14(12)3)25(21,22)24-17-8-6-16(7-9-17)11-18(20)23-5/h6-10H,11H2,1-5H3. The first-order valence-corrected chi connectivity index (χ1v) is 9.24. The van der Waals surface area contributed by atoms with Gasteiger partial charge in [0.1, 0.15) is 10.6 Å². The summed E-state index contributed by atoms with van der Waals surface area (Å²) in [4.78, 5) is 11.5. The van der Waals surface area contributed by atoms with Crippen LogP contribution in [0.5, 0.6) is 5.75 Å². The molecule has 0 N–H and O–H groups in total. The van der Waals surface area contributed by atoms with Crippen molar-refractivity contribution in [2.75, 3.05) is 7.11 Å². The molecule has 0 saturated heterocycles. The van der Waals surface area contributed by atoms with Crippen molar-refractivity contribution in [2.45, 2.75) is 39.0 Å². The third-order valence-corrected chi connectivity index (χ3v) is 5.78. The first-order chi connectivity index (χ1) is 11.7. The summed E-state index contributed by atoms with van der Waals surface area (Å²) in [5.41, 5.74) is 3.89. The van der Waals surface area contributed by atoms with Gasteiger partial charge in [-0.15, -0.1) is 0 Å². The van der Waals surface area contributed by atoms with Gasteiger partial charge in [-0.3, -0.25) is 4.79 Å². The van der Waals surface area contributed by atoms with Gasteiger partial charge < -0.3 is 8.92 Å². The summed E-state index contributed by atoms with van der Waals surface area (Å²) in [6.45, 7) is 7.31. The smallest absolute Gasteiger partial charge is 0.339 e. The molecule has 0 saturated carbocycles. The van der Waals surface area contributed by atoms with Gasteiger partial charge in [0.25, 0.3) is 0 Å². The van der Waals surface area contributed by atoms with Crippen molar-refractivity contribution < 1.29 is 22.1 Å². The second-order valence-corrected chi connectivity index (χ2v) is 7.51. The van der Waals surface area contributed by atoms with Crippen LogP contribution in [0.4, 0.5) is 0 Å². The van der Waals surface area contributed by atoms with Gasteiger partial charge in [0.2, 0.25) is 0 Å². The minimum atomic E-state index is -3.95. The fourth-order valence-electron chi connectivity index (χ4n) is 2.63. The normalized spacial score (nSPS) is 11.2. The minimum Gasteiger partial charge on any atom is -0.469 e. The molecule has 0 spiro atoms. The number of carbonyl (C=O) groups is 1. The van der Waals surface area contributed by atoms with E-state index in [1.54, 1.807) is 26.0 Å². The Balaban J connectivity index is 2.33. The van der Waals surface area contributed by atoms with E-state index in [-0.39, 0.29) is 23.0 Å². The zero-order chi connectivity index (χ0) is 18.8. The molecule has 6 heteroatoms. The number of carbonyl (C=O) groups excluding carboxylic acids is 1. The third kappa shape index (κ3) is 4.20. The Bertz CT molecular complexity index is 870. The highest BCUT2D eigenvalue weighted by molar-refractivity contribution is 7.87. The molecule has 5 nitrogen and oxygen atoms in total. The SMILES string of the molecule is COC(=O)Cc1ccc(OS(=O)(=O)c2c(C)c(C)cc(C)c2C)cc1. The fraction of sp³-hybridized carbons (Fsp3) is 0.316. The molecule has 0 aliphatic rings. The topological polar surface area (TPSA) is 69.7 Å². The van der Waals surface area contributed by atoms with Gasteiger partial charge in [0.05, 0.1) is 13.5 Å². The molecule has 2 rings (SSSR count). The molecule has 25 heavy (non-hydrogen) atoms. The van der Waals surface area contributed by atoms with Crippen molar-refractivity contribution in [1.82, 2.24) is 0 Å². The quantitative estimate of drug-likeness (QED) is 0.602. The van der Waals surface area contributed by atoms with E-state index in [1.807, 2.05) is 19.9 Å². The highest BCUT2D eigenvalue weighted by Crippen LogP contribution is 2.28. The van der Waals surface area contributed by atoms with E-state index in [2.05, 4.69) is 4.74 Å². The van der Waals surface area contributed by atoms with Gasteiger partial charge in [-0.2, -0.15) is 8.42 Å². The Morgan fingerprint density at radius 3 is 1.96 bits per heavy atom. The van der Waals surface area contributed by atoms with Gasteiger partial charge in [-0.1, -0.05) is 18.2 Å². The van der Waals surface area contributed by atoms with E-state index in [0.29, 0.717) is 11.1 Å². The van der Waals surface area contributed by atoms with Crippen molar-refractivity contribution in [3.05, 3.63) is 58.1 Å². The largest absolute Gasteiger partial charge is 0.469 e. The monoisotopic (exact) mass is 362 g/mol. The molecule has 0 aliphatic carbocycles. The molecule has 0 aliphatic heterocycles. The van der Waals surface area contributed by atoms with Crippen molar-refractivity contribution in [3.8, 4) is 5.75 Å². The summed E-state index contributed by atoms with van der Waals surface area (Å²) >= 11 is 0. The number of benzene rings is 2. The van der Waals surface area contributed by atoms with Crippen LogP contribution in [0.1, 0.15) is 27.8 Å². The lowest BCUT2D eigenvalue weighted by Gasteiger charge is -2.16. The van der Waals surface area contributed by atoms with E-state index >= 15 is 0 Å². The molecule has 2 aromatic carbocycles. The Labute approximate surface area is 148 Å². The van der Waals surface area contributed by atoms with E-state index in [4.69, 9.17) is 4.18 Å². The van der Waals surface area contributed by atoms with Gasteiger partial charge in [0.15, 0.2) is 0 Å². The molecule has 134 valence electrons. The Hall–Kier alpha value is -2.34. The van der Waals surface area contributed by atoms with Crippen LogP contribution in [0.15, 0.2) is 35.2 Å². The van der Waals surface area contributed by atoms with E-state index in [9.17, 15) is 13.2 Å². The number of ether oxygens (including phenoxy) is 1. The lowest BCUT2D eigenvalue weighted by atomic mass is 10.0. The number of methoxy groups -OCH3 is 1. The van der Waals surface area contributed by atoms with Gasteiger partial charge >= 0.3 is 16.1 Å². The average molecular weight is 362 g/mol. The van der Waals surface area contributed by atoms with Crippen LogP contribution in [-0.2, 0) is 26.1 Å². The van der Waals surface area contributed by atoms with E-state index in [0.717, 1.165) is 16.7 Å². The molecular formula is C19H22O5S. The molecule has 0 fully saturated rings. The molecule has 0 atom stereocenters. The Morgan fingerprint density at radius 2 is 1.48 bits per heavy atom. The van der Waals surface area contributed by atoms with Crippen LogP contribution in [0.2, 0.25) is 0 Å². The number of rotatable bonds is 5. The second kappa shape index (κ2) is 7.27. The zero-order valence-corrected chi connectivity index (χ0v) is 15.9. The zero-order valence-electron chi connectivity index (χ0n) is 15.0. The summed E-state index contributed by atoms with van der Waals surface area (Å²) in [7, 11) is -2.63. The molecule has 0 bridgehead atoms. The fourth-order valence-corrected chi connectivity index (χ4v) is 4.15. The van der Waals surface area contributed by atoms with Crippen molar-refractivity contribution >= 4 is 16.1 Å². The molecule has 2 aromatic rings. The summed E-state index contributed by atoms with van der Waals surface area (Å²) < 4.78 is 35.4. The maximum atomic E-state index is 12.8. The molecular weight excluding hydrogens is 340 g/mol. The Kier molecular flexibility index (Phi) is 5.52. The highest BCUT2D eigenvalue weighted by atomic mass is 32.2. The van der Waals surface area contributed by atoms with Crippen LogP contribution < -0.4 is 4.18 Å². The van der Waals surface area contributed by atoms with Crippen molar-refractivity contribution in [3.63, 3.8) is 0 Å². The molecule has 0 unspecified atom stereocenters. The third-order valence-electron chi connectivity index (χ3n) is 4.25. The molecule has 0 aromatic heterocycles. The first kappa shape index (κ1) is 19.0. The number of hydrogen-bond acceptors (Lipinski definition) is 5. The maximum Gasteiger partial charge on any atom is 0.339 e. The number of hydrogen-bond donors (Lipinski definition) is 0. The van der Waals surface area contributed by atoms with Crippen LogP contribution >= 0.6 is 0 Å². The van der Waals surface area contributed by atoms with E-state index < -0.39 is 10.1 Å². The second-order valence-electron chi connectivity index (χ2n) is 6.02. The summed E-state index contributed by atoms with van der Waals surface area (Å²) in [5, 5.41) is 0. The minimum absolute atomic E-state index is 0.124. The molecule has 0 amide bonds. The summed E-state index contributed by atoms with van der Waals surface area (Å²) in [6.07, 6.45) is 0.124. The number of aryl methyl sites for hydroxylation is 2. The lowest BCUT2D eigenvalue weighted by Crippen LogP contribution is -2.14. The average Bonchev–Trinajstić information content (AvgIpc) is 2.54. The summed E-state index contributed by atoms with van der Waals surface area (Å²) in [6, 6.07) is 8.31. The van der Waals surface area contributed by atoms with Gasteiger partial charge in [-0.05, 0) is 67.6 Å². The number of esters is 1. The van der Waals surface area contributed by atoms with Gasteiger partial charge in [-0.25, -0.2) is 0 Å². The maximum absolute atomic E-state index is 12.8. The lowest BCUT2D eigenvalue weighted by molar-refractivity contribution is -0.139. The van der Waals surface area contributed by atoms with Crippen molar-refractivity contribution in [2.24, 2.45) is 0 Å². The predicted octanol–water partition coefficient (Wildman–Crippen LogP) is 3.40. The van der Waals surface area contributed by atoms with Gasteiger partial charge in [0, 0.05) is 0 Å².